The largest absolute Gasteiger partial charge is 0.508 e. The SMILES string of the molecule is CC(C(=O)O)c1oc2ccc(C#N)cc2c1C(=O)c1ccc(O)cc1. The van der Waals surface area contributed by atoms with Crippen LogP contribution in [0.15, 0.2) is 46.9 Å². The fourth-order valence-corrected chi connectivity index (χ4v) is 2.59. The van der Waals surface area contributed by atoms with Gasteiger partial charge in [-0.1, -0.05) is 0 Å². The Balaban J connectivity index is 2.27. The minimum Gasteiger partial charge on any atom is -0.508 e. The molecule has 1 atom stereocenters. The first-order chi connectivity index (χ1) is 11.9. The summed E-state index contributed by atoms with van der Waals surface area (Å²) in [5, 5.41) is 28.2. The van der Waals surface area contributed by atoms with E-state index in [9.17, 15) is 19.8 Å². The Hall–Kier alpha value is -3.59. The van der Waals surface area contributed by atoms with E-state index in [2.05, 4.69) is 0 Å². The van der Waals surface area contributed by atoms with Crippen LogP contribution in [0.1, 0.15) is 40.1 Å². The molecule has 1 unspecified atom stereocenters. The van der Waals surface area contributed by atoms with Gasteiger partial charge >= 0.3 is 5.97 Å². The predicted molar refractivity (Wildman–Crippen MR) is 88.5 cm³/mol. The van der Waals surface area contributed by atoms with Crippen LogP contribution in [0, 0.1) is 11.3 Å². The molecule has 3 rings (SSSR count). The predicted octanol–water partition coefficient (Wildman–Crippen LogP) is 3.43. The minimum atomic E-state index is -1.13. The molecule has 0 aliphatic carbocycles. The second kappa shape index (κ2) is 6.13. The lowest BCUT2D eigenvalue weighted by Gasteiger charge is -2.06. The smallest absolute Gasteiger partial charge is 0.313 e. The number of hydrogen-bond acceptors (Lipinski definition) is 5. The molecule has 1 heterocycles. The lowest BCUT2D eigenvalue weighted by Crippen LogP contribution is -2.11. The number of ketones is 1. The normalized spacial score (nSPS) is 11.8. The molecule has 25 heavy (non-hydrogen) atoms. The molecule has 0 saturated heterocycles. The Morgan fingerprint density at radius 3 is 2.44 bits per heavy atom. The van der Waals surface area contributed by atoms with Crippen molar-refractivity contribution in [3.63, 3.8) is 0 Å². The van der Waals surface area contributed by atoms with Gasteiger partial charge < -0.3 is 14.6 Å². The summed E-state index contributed by atoms with van der Waals surface area (Å²) in [5.74, 6) is -2.54. The average Bonchev–Trinajstić information content (AvgIpc) is 2.99. The summed E-state index contributed by atoms with van der Waals surface area (Å²) < 4.78 is 5.63. The summed E-state index contributed by atoms with van der Waals surface area (Å²) in [4.78, 5) is 24.4. The molecule has 1 aromatic heterocycles. The average molecular weight is 335 g/mol. The lowest BCUT2D eigenvalue weighted by molar-refractivity contribution is -0.138. The van der Waals surface area contributed by atoms with Crippen LogP contribution >= 0.6 is 0 Å². The fraction of sp³-hybridized carbons (Fsp3) is 0.105. The van der Waals surface area contributed by atoms with Gasteiger partial charge in [0.25, 0.3) is 0 Å². The van der Waals surface area contributed by atoms with E-state index in [-0.39, 0.29) is 22.6 Å². The first-order valence-electron chi connectivity index (χ1n) is 7.45. The zero-order valence-corrected chi connectivity index (χ0v) is 13.2. The van der Waals surface area contributed by atoms with Crippen LogP contribution < -0.4 is 0 Å². The van der Waals surface area contributed by atoms with Gasteiger partial charge in [-0.3, -0.25) is 9.59 Å². The minimum absolute atomic E-state index is 0.0134. The van der Waals surface area contributed by atoms with E-state index in [0.717, 1.165) is 0 Å². The lowest BCUT2D eigenvalue weighted by atomic mass is 9.95. The number of phenolic OH excluding ortho intramolecular Hbond substituents is 1. The van der Waals surface area contributed by atoms with E-state index >= 15 is 0 Å². The molecule has 6 heteroatoms. The Kier molecular flexibility index (Phi) is 3.99. The molecule has 0 aliphatic rings. The topological polar surface area (TPSA) is 112 Å². The second-order valence-electron chi connectivity index (χ2n) is 5.60. The highest BCUT2D eigenvalue weighted by molar-refractivity contribution is 6.17. The first-order valence-corrected chi connectivity index (χ1v) is 7.45. The summed E-state index contributed by atoms with van der Waals surface area (Å²) in [6.07, 6.45) is 0. The van der Waals surface area contributed by atoms with Crippen molar-refractivity contribution < 1.29 is 24.2 Å². The van der Waals surface area contributed by atoms with E-state index in [1.165, 1.54) is 43.3 Å². The number of benzene rings is 2. The number of nitrogens with zero attached hydrogens (tertiary/aromatic N) is 1. The number of furan rings is 1. The van der Waals surface area contributed by atoms with Crippen molar-refractivity contribution in [3.8, 4) is 11.8 Å². The maximum Gasteiger partial charge on any atom is 0.313 e. The summed E-state index contributed by atoms with van der Waals surface area (Å²) in [6.45, 7) is 1.43. The van der Waals surface area contributed by atoms with Gasteiger partial charge in [-0.15, -0.1) is 0 Å². The van der Waals surface area contributed by atoms with Crippen LogP contribution in [0.4, 0.5) is 0 Å². The summed E-state index contributed by atoms with van der Waals surface area (Å²) >= 11 is 0. The van der Waals surface area contributed by atoms with E-state index in [1.807, 2.05) is 6.07 Å². The monoisotopic (exact) mass is 335 g/mol. The number of rotatable bonds is 4. The quantitative estimate of drug-likeness (QED) is 0.707. The highest BCUT2D eigenvalue weighted by Crippen LogP contribution is 2.34. The van der Waals surface area contributed by atoms with Crippen molar-refractivity contribution in [1.29, 1.82) is 5.26 Å². The number of nitriles is 1. The molecule has 0 spiro atoms. The van der Waals surface area contributed by atoms with E-state index in [4.69, 9.17) is 9.68 Å². The molecule has 0 aliphatic heterocycles. The molecule has 2 aromatic carbocycles. The van der Waals surface area contributed by atoms with Crippen LogP contribution in [-0.4, -0.2) is 22.0 Å². The maximum atomic E-state index is 13.0. The number of carbonyl (C=O) groups excluding carboxylic acids is 1. The Morgan fingerprint density at radius 2 is 1.84 bits per heavy atom. The Labute approximate surface area is 142 Å². The number of fused-ring (bicyclic) bond motifs is 1. The number of hydrogen-bond donors (Lipinski definition) is 2. The number of carboxylic acid groups (broad SMARTS) is 1. The maximum absolute atomic E-state index is 13.0. The van der Waals surface area contributed by atoms with Crippen LogP contribution in [0.3, 0.4) is 0 Å². The van der Waals surface area contributed by atoms with Gasteiger partial charge in [0, 0.05) is 10.9 Å². The third-order valence-corrected chi connectivity index (χ3v) is 3.96. The van der Waals surface area contributed by atoms with Crippen LogP contribution in [-0.2, 0) is 4.79 Å². The zero-order chi connectivity index (χ0) is 18.1. The molecule has 0 bridgehead atoms. The molecule has 6 nitrogen and oxygen atoms in total. The molecular weight excluding hydrogens is 322 g/mol. The zero-order valence-electron chi connectivity index (χ0n) is 13.2. The number of carboxylic acids is 1. The third kappa shape index (κ3) is 2.83. The first kappa shape index (κ1) is 16.3. The number of phenols is 1. The third-order valence-electron chi connectivity index (χ3n) is 3.96. The van der Waals surface area contributed by atoms with Crippen LogP contribution in [0.5, 0.6) is 5.75 Å². The summed E-state index contributed by atoms with van der Waals surface area (Å²) in [5.41, 5.74) is 1.07. The van der Waals surface area contributed by atoms with Gasteiger partial charge in [0.05, 0.1) is 17.2 Å². The van der Waals surface area contributed by atoms with Crippen molar-refractivity contribution in [2.45, 2.75) is 12.8 Å². The van der Waals surface area contributed by atoms with E-state index in [0.29, 0.717) is 16.5 Å². The highest BCUT2D eigenvalue weighted by Gasteiger charge is 2.29. The molecule has 0 fully saturated rings. The Bertz CT molecular complexity index is 1020. The highest BCUT2D eigenvalue weighted by atomic mass is 16.4. The summed E-state index contributed by atoms with van der Waals surface area (Å²) in [7, 11) is 0. The van der Waals surface area contributed by atoms with Crippen LogP contribution in [0.2, 0.25) is 0 Å². The molecule has 0 amide bonds. The number of aliphatic carboxylic acids is 1. The molecule has 124 valence electrons. The van der Waals surface area contributed by atoms with Gasteiger partial charge in [0.15, 0.2) is 5.78 Å². The molecule has 3 aromatic rings. The molecule has 0 saturated carbocycles. The van der Waals surface area contributed by atoms with Crippen molar-refractivity contribution in [3.05, 3.63) is 64.9 Å². The van der Waals surface area contributed by atoms with Crippen molar-refractivity contribution in [1.82, 2.24) is 0 Å². The van der Waals surface area contributed by atoms with Gasteiger partial charge in [-0.2, -0.15) is 5.26 Å². The van der Waals surface area contributed by atoms with Crippen LogP contribution in [0.25, 0.3) is 11.0 Å². The fourth-order valence-electron chi connectivity index (χ4n) is 2.59. The van der Waals surface area contributed by atoms with E-state index in [1.54, 1.807) is 6.07 Å². The van der Waals surface area contributed by atoms with Crippen molar-refractivity contribution >= 4 is 22.7 Å². The van der Waals surface area contributed by atoms with Gasteiger partial charge in [-0.05, 0) is 49.4 Å². The van der Waals surface area contributed by atoms with E-state index < -0.39 is 17.7 Å². The molecule has 2 N–H and O–H groups in total. The van der Waals surface area contributed by atoms with Crippen molar-refractivity contribution in [2.24, 2.45) is 0 Å². The van der Waals surface area contributed by atoms with Crippen molar-refractivity contribution in [2.75, 3.05) is 0 Å². The number of carbonyl (C=O) groups is 2. The summed E-state index contributed by atoms with van der Waals surface area (Å²) in [6, 6.07) is 12.2. The van der Waals surface area contributed by atoms with Gasteiger partial charge in [0.1, 0.15) is 23.0 Å². The van der Waals surface area contributed by atoms with Gasteiger partial charge in [-0.25, -0.2) is 0 Å². The van der Waals surface area contributed by atoms with Gasteiger partial charge in [0.2, 0.25) is 0 Å². The standard InChI is InChI=1S/C19H13NO5/c1-10(19(23)24)18-16(17(22)12-3-5-13(21)6-4-12)14-8-11(9-20)2-7-15(14)25-18/h2-8,10,21H,1H3,(H,23,24). The second-order valence-corrected chi connectivity index (χ2v) is 5.60. The molecule has 0 radical (unpaired) electrons. The number of aromatic hydroxyl groups is 1. The molecular formula is C19H13NO5. The Morgan fingerprint density at radius 1 is 1.16 bits per heavy atom.